The van der Waals surface area contributed by atoms with Crippen LogP contribution in [-0.2, 0) is 25.7 Å². The Labute approximate surface area is 182 Å². The third kappa shape index (κ3) is 2.57. The van der Waals surface area contributed by atoms with Gasteiger partial charge in [-0.15, -0.1) is 0 Å². The highest BCUT2D eigenvalue weighted by molar-refractivity contribution is 6.80. The van der Waals surface area contributed by atoms with Crippen LogP contribution in [0.3, 0.4) is 0 Å². The zero-order chi connectivity index (χ0) is 20.6. The fourth-order valence-electron chi connectivity index (χ4n) is 8.01. The molecule has 0 bridgehead atoms. The van der Waals surface area contributed by atoms with Gasteiger partial charge in [0, 0.05) is 0 Å². The third-order valence-electron chi connectivity index (χ3n) is 8.91. The van der Waals surface area contributed by atoms with Gasteiger partial charge in [-0.2, -0.15) is 0 Å². The first-order chi connectivity index (χ1) is 14.4. The van der Waals surface area contributed by atoms with Crippen molar-refractivity contribution in [3.05, 3.63) is 81.9 Å². The molecule has 0 aromatic heterocycles. The smallest absolute Gasteiger partial charge is 0.0634 e. The molecule has 3 aromatic carbocycles. The minimum Gasteiger partial charge on any atom is -0.0684 e. The predicted molar refractivity (Wildman–Crippen MR) is 131 cm³/mol. The number of rotatable bonds is 2. The first-order valence-electron chi connectivity index (χ1n) is 12.1. The van der Waals surface area contributed by atoms with E-state index < -0.39 is 8.07 Å². The lowest BCUT2D eigenvalue weighted by molar-refractivity contribution is 0.543. The Morgan fingerprint density at radius 3 is 2.27 bits per heavy atom. The van der Waals surface area contributed by atoms with Gasteiger partial charge in [-0.1, -0.05) is 75.5 Å². The molecule has 3 aromatic rings. The lowest BCUT2D eigenvalue weighted by Crippen LogP contribution is -2.45. The zero-order valence-corrected chi connectivity index (χ0v) is 20.0. The van der Waals surface area contributed by atoms with E-state index in [9.17, 15) is 0 Å². The first-order valence-corrected chi connectivity index (χ1v) is 15.3. The number of hydrogen-bond acceptors (Lipinski definition) is 0. The molecule has 0 amide bonds. The average Bonchev–Trinajstić information content (AvgIpc) is 3.39. The van der Waals surface area contributed by atoms with Gasteiger partial charge in [0.2, 0.25) is 0 Å². The Hall–Kier alpha value is -1.86. The van der Waals surface area contributed by atoms with Crippen LogP contribution >= 0.6 is 0 Å². The molecule has 0 spiro atoms. The zero-order valence-electron chi connectivity index (χ0n) is 19.0. The normalized spacial score (nSPS) is 27.3. The lowest BCUT2D eigenvalue weighted by Gasteiger charge is -2.41. The average molecular weight is 411 g/mol. The van der Waals surface area contributed by atoms with Crippen molar-refractivity contribution >= 4 is 18.8 Å². The van der Waals surface area contributed by atoms with E-state index in [0.717, 1.165) is 22.9 Å². The second-order valence-electron chi connectivity index (χ2n) is 11.2. The van der Waals surface area contributed by atoms with Crippen LogP contribution < -0.4 is 0 Å². The summed E-state index contributed by atoms with van der Waals surface area (Å²) >= 11 is 0. The summed E-state index contributed by atoms with van der Waals surface area (Å²) in [6.07, 6.45) is 6.54. The van der Waals surface area contributed by atoms with Gasteiger partial charge in [0.25, 0.3) is 0 Å². The third-order valence-corrected chi connectivity index (χ3v) is 13.9. The van der Waals surface area contributed by atoms with Gasteiger partial charge >= 0.3 is 0 Å². The summed E-state index contributed by atoms with van der Waals surface area (Å²) < 4.78 is 0. The number of hydrogen-bond donors (Lipinski definition) is 0. The molecule has 0 fully saturated rings. The summed E-state index contributed by atoms with van der Waals surface area (Å²) in [5, 5.41) is 2.92. The van der Waals surface area contributed by atoms with Crippen molar-refractivity contribution < 1.29 is 0 Å². The van der Waals surface area contributed by atoms with Gasteiger partial charge in [0.15, 0.2) is 0 Å². The topological polar surface area (TPSA) is 0 Å². The molecule has 0 heterocycles. The van der Waals surface area contributed by atoms with Gasteiger partial charge in [-0.05, 0) is 99.2 Å². The van der Waals surface area contributed by atoms with Gasteiger partial charge in [-0.3, -0.25) is 0 Å². The summed E-state index contributed by atoms with van der Waals surface area (Å²) in [5.74, 6) is 1.55. The molecule has 0 saturated heterocycles. The molecule has 0 saturated carbocycles. The number of aryl methyl sites for hydroxylation is 2. The molecule has 3 aliphatic rings. The van der Waals surface area contributed by atoms with E-state index in [-0.39, 0.29) is 0 Å². The van der Waals surface area contributed by atoms with E-state index in [2.05, 4.69) is 75.5 Å². The van der Waals surface area contributed by atoms with Crippen LogP contribution in [-0.4, -0.2) is 8.07 Å². The summed E-state index contributed by atoms with van der Waals surface area (Å²) in [7, 11) is -1.59. The van der Waals surface area contributed by atoms with Crippen molar-refractivity contribution in [3.8, 4) is 0 Å². The van der Waals surface area contributed by atoms with E-state index in [1.54, 1.807) is 33.4 Å². The maximum absolute atomic E-state index is 2.72. The molecule has 4 unspecified atom stereocenters. The minimum atomic E-state index is -1.59. The van der Waals surface area contributed by atoms with Crippen molar-refractivity contribution in [2.45, 2.75) is 70.1 Å². The molecular formula is C29H34Si. The molecule has 30 heavy (non-hydrogen) atoms. The van der Waals surface area contributed by atoms with Crippen LogP contribution in [0.25, 0.3) is 10.8 Å². The standard InChI is InChI=1S/C29H34Si/c1-18-14-23-16-21-9-7-10-22(21)17-26(23)29(18)30(3,4)28-19(2)15-27-24-11-6-5-8-20(24)12-13-25(27)28/h5-6,8,11-13,16-19,28-29H,7,9-10,14-15H2,1-4H3. The fraction of sp³-hybridized carbons (Fsp3) is 0.448. The Morgan fingerprint density at radius 1 is 0.733 bits per heavy atom. The van der Waals surface area contributed by atoms with Crippen LogP contribution in [0.5, 0.6) is 0 Å². The van der Waals surface area contributed by atoms with Crippen molar-refractivity contribution in [1.29, 1.82) is 0 Å². The maximum Gasteiger partial charge on any atom is 0.0634 e. The van der Waals surface area contributed by atoms with Crippen molar-refractivity contribution in [3.63, 3.8) is 0 Å². The van der Waals surface area contributed by atoms with Crippen LogP contribution in [0.4, 0.5) is 0 Å². The fourth-order valence-corrected chi connectivity index (χ4v) is 13.7. The quantitative estimate of drug-likeness (QED) is 0.387. The van der Waals surface area contributed by atoms with Crippen LogP contribution in [0.1, 0.15) is 64.7 Å². The van der Waals surface area contributed by atoms with Crippen LogP contribution in [0, 0.1) is 11.8 Å². The summed E-state index contributed by atoms with van der Waals surface area (Å²) in [6, 6.07) is 19.2. The lowest BCUT2D eigenvalue weighted by atomic mass is 10.0. The highest BCUT2D eigenvalue weighted by Crippen LogP contribution is 2.54. The van der Waals surface area contributed by atoms with E-state index in [1.165, 1.54) is 42.9 Å². The second-order valence-corrected chi connectivity index (χ2v) is 16.1. The number of benzene rings is 3. The minimum absolute atomic E-state index is 0.762. The van der Waals surface area contributed by atoms with Crippen molar-refractivity contribution in [2.24, 2.45) is 11.8 Å². The van der Waals surface area contributed by atoms with E-state index in [4.69, 9.17) is 0 Å². The Kier molecular flexibility index (Phi) is 4.13. The molecule has 1 heteroatoms. The SMILES string of the molecule is CC1Cc2cc3c(cc2C1[Si](C)(C)C1c2ccc4ccccc4c2CC1C)CCC3. The van der Waals surface area contributed by atoms with Crippen molar-refractivity contribution in [2.75, 3.05) is 0 Å². The predicted octanol–water partition coefficient (Wildman–Crippen LogP) is 7.37. The maximum atomic E-state index is 2.72. The molecule has 0 nitrogen and oxygen atoms in total. The molecule has 0 N–H and O–H groups in total. The molecule has 6 rings (SSSR count). The Morgan fingerprint density at radius 2 is 1.43 bits per heavy atom. The molecule has 3 aliphatic carbocycles. The summed E-state index contributed by atoms with van der Waals surface area (Å²) in [5.41, 5.74) is 11.7. The first kappa shape index (κ1) is 18.9. The highest BCUT2D eigenvalue weighted by Gasteiger charge is 2.50. The van der Waals surface area contributed by atoms with Crippen LogP contribution in [0.2, 0.25) is 13.1 Å². The molecule has 0 radical (unpaired) electrons. The molecule has 154 valence electrons. The number of fused-ring (bicyclic) bond motifs is 5. The van der Waals surface area contributed by atoms with Gasteiger partial charge in [0.05, 0.1) is 8.07 Å². The molecule has 4 atom stereocenters. The monoisotopic (exact) mass is 410 g/mol. The Bertz CT molecular complexity index is 1150. The Balaban J connectivity index is 1.47. The molecular weight excluding hydrogens is 376 g/mol. The summed E-state index contributed by atoms with van der Waals surface area (Å²) in [4.78, 5) is 0. The van der Waals surface area contributed by atoms with Crippen LogP contribution in [0.15, 0.2) is 48.5 Å². The summed E-state index contributed by atoms with van der Waals surface area (Å²) in [6.45, 7) is 10.5. The second kappa shape index (κ2) is 6.57. The van der Waals surface area contributed by atoms with Gasteiger partial charge < -0.3 is 0 Å². The highest BCUT2D eigenvalue weighted by atomic mass is 28.3. The van der Waals surface area contributed by atoms with E-state index in [0.29, 0.717) is 0 Å². The largest absolute Gasteiger partial charge is 0.0684 e. The molecule has 0 aliphatic heterocycles. The van der Waals surface area contributed by atoms with Gasteiger partial charge in [-0.25, -0.2) is 0 Å². The van der Waals surface area contributed by atoms with Crippen molar-refractivity contribution in [1.82, 2.24) is 0 Å². The van der Waals surface area contributed by atoms with E-state index >= 15 is 0 Å². The van der Waals surface area contributed by atoms with E-state index in [1.807, 2.05) is 0 Å². The van der Waals surface area contributed by atoms with Gasteiger partial charge in [0.1, 0.15) is 0 Å².